The van der Waals surface area contributed by atoms with Gasteiger partial charge in [-0.1, -0.05) is 6.07 Å². The van der Waals surface area contributed by atoms with Crippen molar-refractivity contribution in [2.75, 3.05) is 7.11 Å². The van der Waals surface area contributed by atoms with Gasteiger partial charge in [-0.3, -0.25) is 0 Å². The first kappa shape index (κ1) is 21.2. The molecule has 0 saturated heterocycles. The lowest BCUT2D eigenvalue weighted by atomic mass is 10.1. The van der Waals surface area contributed by atoms with Gasteiger partial charge in [-0.15, -0.1) is 18.3 Å². The third kappa shape index (κ3) is 5.07. The van der Waals surface area contributed by atoms with Crippen LogP contribution in [-0.2, 0) is 11.3 Å². The number of alkyl carbamates (subject to hydrolysis) is 1. The number of aryl methyl sites for hydroxylation is 2. The van der Waals surface area contributed by atoms with E-state index in [4.69, 9.17) is 0 Å². The standard InChI is InChI=1S/C20H19F3N4O3/c1-12-4-5-15(9-14(12)10-24-19(28)29-3)27-25-11-18(26-27)17-7-6-16(8-13(17)2)30-20(21,22)23/h4-9,11H,10H2,1-3H3,(H,24,28). The van der Waals surface area contributed by atoms with E-state index in [2.05, 4.69) is 25.0 Å². The van der Waals surface area contributed by atoms with Gasteiger partial charge in [0, 0.05) is 12.1 Å². The predicted octanol–water partition coefficient (Wildman–Crippen LogP) is 4.31. The fraction of sp³-hybridized carbons (Fsp3) is 0.250. The zero-order valence-corrected chi connectivity index (χ0v) is 16.4. The molecule has 0 fully saturated rings. The van der Waals surface area contributed by atoms with Crippen molar-refractivity contribution in [3.63, 3.8) is 0 Å². The smallest absolute Gasteiger partial charge is 0.453 e. The summed E-state index contributed by atoms with van der Waals surface area (Å²) >= 11 is 0. The molecule has 10 heteroatoms. The Labute approximate surface area is 170 Å². The number of aromatic nitrogens is 3. The van der Waals surface area contributed by atoms with Gasteiger partial charge in [0.15, 0.2) is 0 Å². The molecule has 0 aliphatic carbocycles. The van der Waals surface area contributed by atoms with Crippen molar-refractivity contribution in [3.05, 3.63) is 59.3 Å². The van der Waals surface area contributed by atoms with Crippen LogP contribution in [0.4, 0.5) is 18.0 Å². The highest BCUT2D eigenvalue weighted by atomic mass is 19.4. The number of rotatable bonds is 5. The Morgan fingerprint density at radius 2 is 1.90 bits per heavy atom. The van der Waals surface area contributed by atoms with Crippen LogP contribution in [0.1, 0.15) is 16.7 Å². The van der Waals surface area contributed by atoms with Crippen molar-refractivity contribution in [2.24, 2.45) is 0 Å². The first-order valence-corrected chi connectivity index (χ1v) is 8.87. The lowest BCUT2D eigenvalue weighted by Gasteiger charge is -2.11. The number of hydrogen-bond acceptors (Lipinski definition) is 5. The van der Waals surface area contributed by atoms with Crippen molar-refractivity contribution in [3.8, 4) is 22.7 Å². The van der Waals surface area contributed by atoms with Crippen LogP contribution in [0.3, 0.4) is 0 Å². The molecule has 158 valence electrons. The van der Waals surface area contributed by atoms with Gasteiger partial charge in [0.1, 0.15) is 11.4 Å². The van der Waals surface area contributed by atoms with E-state index in [0.29, 0.717) is 22.5 Å². The summed E-state index contributed by atoms with van der Waals surface area (Å²) in [4.78, 5) is 12.7. The van der Waals surface area contributed by atoms with Crippen molar-refractivity contribution < 1.29 is 27.4 Å². The molecule has 0 spiro atoms. The Kier molecular flexibility index (Phi) is 5.95. The summed E-state index contributed by atoms with van der Waals surface area (Å²) in [5.74, 6) is -0.294. The predicted molar refractivity (Wildman–Crippen MR) is 102 cm³/mol. The zero-order valence-electron chi connectivity index (χ0n) is 16.4. The Hall–Kier alpha value is -3.56. The number of alkyl halides is 3. The maximum Gasteiger partial charge on any atom is 0.573 e. The Morgan fingerprint density at radius 3 is 2.57 bits per heavy atom. The van der Waals surface area contributed by atoms with Gasteiger partial charge in [0.25, 0.3) is 0 Å². The minimum atomic E-state index is -4.75. The van der Waals surface area contributed by atoms with Crippen LogP contribution >= 0.6 is 0 Å². The highest BCUT2D eigenvalue weighted by Crippen LogP contribution is 2.29. The molecular formula is C20H19F3N4O3. The lowest BCUT2D eigenvalue weighted by Crippen LogP contribution is -2.22. The molecule has 0 aliphatic heterocycles. The monoisotopic (exact) mass is 420 g/mol. The number of hydrogen-bond donors (Lipinski definition) is 1. The number of ether oxygens (including phenoxy) is 2. The van der Waals surface area contributed by atoms with Gasteiger partial charge < -0.3 is 14.8 Å². The second-order valence-corrected chi connectivity index (χ2v) is 6.50. The molecule has 1 N–H and O–H groups in total. The minimum Gasteiger partial charge on any atom is -0.453 e. The van der Waals surface area contributed by atoms with Crippen LogP contribution < -0.4 is 10.1 Å². The number of amides is 1. The Bertz CT molecular complexity index is 1060. The first-order valence-electron chi connectivity index (χ1n) is 8.87. The lowest BCUT2D eigenvalue weighted by molar-refractivity contribution is -0.274. The molecule has 2 aromatic carbocycles. The summed E-state index contributed by atoms with van der Waals surface area (Å²) < 4.78 is 45.7. The second-order valence-electron chi connectivity index (χ2n) is 6.50. The summed E-state index contributed by atoms with van der Waals surface area (Å²) in [6.45, 7) is 3.86. The van der Waals surface area contributed by atoms with E-state index >= 15 is 0 Å². The average Bonchev–Trinajstić information content (AvgIpc) is 3.15. The van der Waals surface area contributed by atoms with Crippen molar-refractivity contribution in [2.45, 2.75) is 26.8 Å². The Balaban J connectivity index is 1.84. The molecule has 0 radical (unpaired) electrons. The second kappa shape index (κ2) is 8.44. The number of benzene rings is 2. The highest BCUT2D eigenvalue weighted by molar-refractivity contribution is 5.67. The molecular weight excluding hydrogens is 401 g/mol. The first-order chi connectivity index (χ1) is 14.2. The van der Waals surface area contributed by atoms with Crippen molar-refractivity contribution in [1.82, 2.24) is 20.3 Å². The van der Waals surface area contributed by atoms with E-state index in [9.17, 15) is 18.0 Å². The number of nitrogens with zero attached hydrogens (tertiary/aromatic N) is 3. The average molecular weight is 420 g/mol. The van der Waals surface area contributed by atoms with Gasteiger partial charge in [0.2, 0.25) is 0 Å². The molecule has 0 atom stereocenters. The van der Waals surface area contributed by atoms with Crippen molar-refractivity contribution in [1.29, 1.82) is 0 Å². The van der Waals surface area contributed by atoms with E-state index in [1.54, 1.807) is 6.92 Å². The fourth-order valence-corrected chi connectivity index (χ4v) is 2.84. The molecule has 0 bridgehead atoms. The zero-order chi connectivity index (χ0) is 21.9. The minimum absolute atomic E-state index is 0.278. The van der Waals surface area contributed by atoms with Gasteiger partial charge >= 0.3 is 12.5 Å². The molecule has 3 aromatic rings. The summed E-state index contributed by atoms with van der Waals surface area (Å²) in [5.41, 5.74) is 4.20. The molecule has 0 saturated carbocycles. The van der Waals surface area contributed by atoms with Gasteiger partial charge in [-0.05, 0) is 60.9 Å². The van der Waals surface area contributed by atoms with E-state index in [1.807, 2.05) is 25.1 Å². The number of halogens is 3. The van der Waals surface area contributed by atoms with Crippen LogP contribution in [0, 0.1) is 13.8 Å². The van der Waals surface area contributed by atoms with Crippen LogP contribution in [0.5, 0.6) is 5.75 Å². The quantitative estimate of drug-likeness (QED) is 0.666. The molecule has 1 heterocycles. The molecule has 0 aliphatic rings. The summed E-state index contributed by atoms with van der Waals surface area (Å²) in [6.07, 6.45) is -3.75. The topological polar surface area (TPSA) is 78.3 Å². The number of methoxy groups -OCH3 is 1. The van der Waals surface area contributed by atoms with E-state index in [-0.39, 0.29) is 12.3 Å². The van der Waals surface area contributed by atoms with Crippen LogP contribution in [0.25, 0.3) is 16.9 Å². The normalized spacial score (nSPS) is 11.3. The fourth-order valence-electron chi connectivity index (χ4n) is 2.84. The van der Waals surface area contributed by atoms with Crippen LogP contribution in [0.2, 0.25) is 0 Å². The largest absolute Gasteiger partial charge is 0.573 e. The van der Waals surface area contributed by atoms with Crippen LogP contribution in [-0.4, -0.2) is 34.6 Å². The van der Waals surface area contributed by atoms with Crippen molar-refractivity contribution >= 4 is 6.09 Å². The number of carbonyl (C=O) groups is 1. The molecule has 30 heavy (non-hydrogen) atoms. The maximum atomic E-state index is 12.4. The molecule has 0 unspecified atom stereocenters. The molecule has 7 nitrogen and oxygen atoms in total. The van der Waals surface area contributed by atoms with E-state index < -0.39 is 12.5 Å². The third-order valence-corrected chi connectivity index (χ3v) is 4.37. The van der Waals surface area contributed by atoms with Gasteiger partial charge in [-0.25, -0.2) is 4.79 Å². The maximum absolute atomic E-state index is 12.4. The third-order valence-electron chi connectivity index (χ3n) is 4.37. The molecule has 1 amide bonds. The number of carbonyl (C=O) groups excluding carboxylic acids is 1. The van der Waals surface area contributed by atoms with E-state index in [1.165, 1.54) is 36.3 Å². The SMILES string of the molecule is COC(=O)NCc1cc(-n2ncc(-c3ccc(OC(F)(F)F)cc3C)n2)ccc1C. The van der Waals surface area contributed by atoms with E-state index in [0.717, 1.165) is 11.1 Å². The van der Waals surface area contributed by atoms with Gasteiger partial charge in [0.05, 0.1) is 19.0 Å². The number of nitrogens with one attached hydrogen (secondary N) is 1. The van der Waals surface area contributed by atoms with Crippen LogP contribution in [0.15, 0.2) is 42.6 Å². The van der Waals surface area contributed by atoms with Gasteiger partial charge in [-0.2, -0.15) is 9.90 Å². The Morgan fingerprint density at radius 1 is 1.13 bits per heavy atom. The highest BCUT2D eigenvalue weighted by Gasteiger charge is 2.31. The molecule has 1 aromatic heterocycles. The summed E-state index contributed by atoms with van der Waals surface area (Å²) in [6, 6.07) is 9.57. The summed E-state index contributed by atoms with van der Waals surface area (Å²) in [5, 5.41) is 11.3. The molecule has 3 rings (SSSR count). The summed E-state index contributed by atoms with van der Waals surface area (Å²) in [7, 11) is 1.29.